The number of hydrogen-bond acceptors (Lipinski definition) is 4. The molecule has 1 unspecified atom stereocenters. The van der Waals surface area contributed by atoms with Crippen molar-refractivity contribution in [2.24, 2.45) is 5.90 Å². The van der Waals surface area contributed by atoms with Crippen molar-refractivity contribution in [1.29, 1.82) is 0 Å². The van der Waals surface area contributed by atoms with Crippen molar-refractivity contribution in [2.75, 3.05) is 0 Å². The van der Waals surface area contributed by atoms with Crippen LogP contribution in [0.3, 0.4) is 0 Å². The molecule has 4 nitrogen and oxygen atoms in total. The topological polar surface area (TPSA) is 61.5 Å². The van der Waals surface area contributed by atoms with E-state index in [1.54, 1.807) is 0 Å². The lowest BCUT2D eigenvalue weighted by molar-refractivity contribution is 0.223. The predicted molar refractivity (Wildman–Crippen MR) is 44.1 cm³/mol. The summed E-state index contributed by atoms with van der Waals surface area (Å²) in [6, 6.07) is 9.35. The van der Waals surface area contributed by atoms with Crippen LogP contribution in [0.2, 0.25) is 0 Å². The summed E-state index contributed by atoms with van der Waals surface area (Å²) in [4.78, 5) is 0. The van der Waals surface area contributed by atoms with E-state index in [4.69, 9.17) is 4.52 Å². The summed E-state index contributed by atoms with van der Waals surface area (Å²) in [5, 5.41) is 0. The maximum atomic E-state index is 10.6. The van der Waals surface area contributed by atoms with Gasteiger partial charge >= 0.3 is 8.25 Å². The largest absolute Gasteiger partial charge is 0.716 e. The molecule has 64 valence electrons. The zero-order valence-corrected chi connectivity index (χ0v) is 7.24. The first kappa shape index (κ1) is 9.29. The molecular weight excluding hydrogens is 177 g/mol. The van der Waals surface area contributed by atoms with Gasteiger partial charge < -0.3 is 0 Å². The Morgan fingerprint density at radius 1 is 1.33 bits per heavy atom. The lowest BCUT2D eigenvalue weighted by Crippen LogP contribution is -1.91. The summed E-state index contributed by atoms with van der Waals surface area (Å²) in [5.74, 6) is 4.63. The summed E-state index contributed by atoms with van der Waals surface area (Å²) in [6.07, 6.45) is 0. The first-order valence-electron chi connectivity index (χ1n) is 3.34. The summed E-state index contributed by atoms with van der Waals surface area (Å²) >= 11 is 0. The molecule has 0 aromatic heterocycles. The van der Waals surface area contributed by atoms with Gasteiger partial charge in [0.1, 0.15) is 6.61 Å². The van der Waals surface area contributed by atoms with Gasteiger partial charge in [-0.3, -0.25) is 0 Å². The van der Waals surface area contributed by atoms with E-state index in [-0.39, 0.29) is 6.61 Å². The molecule has 12 heavy (non-hydrogen) atoms. The molecule has 1 atom stereocenters. The van der Waals surface area contributed by atoms with E-state index in [1.807, 2.05) is 30.3 Å². The minimum absolute atomic E-state index is 0.243. The number of rotatable bonds is 4. The molecule has 1 aromatic carbocycles. The van der Waals surface area contributed by atoms with Gasteiger partial charge in [-0.15, -0.1) is 4.52 Å². The normalized spacial score (nSPS) is 11.2. The van der Waals surface area contributed by atoms with Gasteiger partial charge in [0.15, 0.2) is 0 Å². The second-order valence-corrected chi connectivity index (χ2v) is 3.00. The highest BCUT2D eigenvalue weighted by Crippen LogP contribution is 2.22. The van der Waals surface area contributed by atoms with Gasteiger partial charge in [0.05, 0.1) is 0 Å². The van der Waals surface area contributed by atoms with Crippen LogP contribution < -0.4 is 5.90 Å². The molecule has 0 aliphatic rings. The summed E-state index contributed by atoms with van der Waals surface area (Å²) < 4.78 is 19.3. The Bertz CT molecular complexity index is 252. The maximum absolute atomic E-state index is 10.6. The quantitative estimate of drug-likeness (QED) is 0.574. The Kier molecular flexibility index (Phi) is 3.84. The second kappa shape index (κ2) is 4.95. The van der Waals surface area contributed by atoms with Crippen LogP contribution in [0, 0.1) is 0 Å². The summed E-state index contributed by atoms with van der Waals surface area (Å²) in [7, 11) is -2.17. The fourth-order valence-electron chi connectivity index (χ4n) is 0.732. The third-order valence-electron chi connectivity index (χ3n) is 1.27. The van der Waals surface area contributed by atoms with Gasteiger partial charge in [0, 0.05) is 4.57 Å². The smallest absolute Gasteiger partial charge is 0.162 e. The molecule has 0 spiro atoms. The Morgan fingerprint density at radius 2 is 2.00 bits per heavy atom. The van der Waals surface area contributed by atoms with Crippen molar-refractivity contribution >= 4 is 8.25 Å². The van der Waals surface area contributed by atoms with Crippen molar-refractivity contribution in [3.05, 3.63) is 35.9 Å². The van der Waals surface area contributed by atoms with E-state index < -0.39 is 8.25 Å². The minimum Gasteiger partial charge on any atom is -0.162 e. The number of benzene rings is 1. The number of nitrogens with two attached hydrogens (primary N) is 1. The van der Waals surface area contributed by atoms with Crippen LogP contribution in [0.25, 0.3) is 0 Å². The van der Waals surface area contributed by atoms with Crippen LogP contribution in [0.4, 0.5) is 0 Å². The molecule has 0 aliphatic carbocycles. The average molecular weight is 186 g/mol. The lowest BCUT2D eigenvalue weighted by Gasteiger charge is -1.91. The molecule has 1 rings (SSSR count). The maximum Gasteiger partial charge on any atom is 0.716 e. The third kappa shape index (κ3) is 3.07. The molecule has 0 heterocycles. The minimum atomic E-state index is -2.17. The SMILES string of the molecule is NO[P+](=O)OCc1ccccc1. The molecule has 0 fully saturated rings. The number of hydrogen-bond donors (Lipinski definition) is 1. The van der Waals surface area contributed by atoms with Gasteiger partial charge in [-0.05, 0) is 10.2 Å². The van der Waals surface area contributed by atoms with Crippen LogP contribution in [0.15, 0.2) is 30.3 Å². The Labute approximate surface area is 71.2 Å². The zero-order valence-electron chi connectivity index (χ0n) is 6.34. The Hall–Kier alpha value is -0.800. The van der Waals surface area contributed by atoms with Crippen LogP contribution in [-0.4, -0.2) is 0 Å². The van der Waals surface area contributed by atoms with E-state index in [2.05, 4.69) is 10.5 Å². The van der Waals surface area contributed by atoms with Gasteiger partial charge in [-0.25, -0.2) is 0 Å². The monoisotopic (exact) mass is 186 g/mol. The standard InChI is InChI=1S/C7H9NO3P/c8-11-12(9)10-6-7-4-2-1-3-5-7/h1-5H,6,8H2/q+1. The third-order valence-corrected chi connectivity index (χ3v) is 1.78. The molecule has 0 radical (unpaired) electrons. The fourth-order valence-corrected chi connectivity index (χ4v) is 1.05. The van der Waals surface area contributed by atoms with Crippen LogP contribution >= 0.6 is 8.25 Å². The van der Waals surface area contributed by atoms with E-state index in [1.165, 1.54) is 0 Å². The van der Waals surface area contributed by atoms with Crippen molar-refractivity contribution < 1.29 is 13.7 Å². The molecule has 5 heteroatoms. The molecular formula is C7H9NO3P+. The molecule has 0 bridgehead atoms. The second-order valence-electron chi connectivity index (χ2n) is 2.09. The van der Waals surface area contributed by atoms with E-state index in [9.17, 15) is 4.57 Å². The zero-order chi connectivity index (χ0) is 8.81. The van der Waals surface area contributed by atoms with Gasteiger partial charge in [-0.2, -0.15) is 5.90 Å². The molecule has 0 saturated carbocycles. The molecule has 0 aliphatic heterocycles. The van der Waals surface area contributed by atoms with Crippen molar-refractivity contribution in [3.63, 3.8) is 0 Å². The van der Waals surface area contributed by atoms with E-state index in [0.29, 0.717) is 0 Å². The Morgan fingerprint density at radius 3 is 2.58 bits per heavy atom. The molecule has 0 amide bonds. The van der Waals surface area contributed by atoms with Crippen LogP contribution in [0.1, 0.15) is 5.56 Å². The summed E-state index contributed by atoms with van der Waals surface area (Å²) in [6.45, 7) is 0.243. The van der Waals surface area contributed by atoms with Crippen LogP contribution in [-0.2, 0) is 20.3 Å². The highest BCUT2D eigenvalue weighted by atomic mass is 31.1. The Balaban J connectivity index is 2.38. The van der Waals surface area contributed by atoms with Crippen molar-refractivity contribution in [3.8, 4) is 0 Å². The van der Waals surface area contributed by atoms with Crippen LogP contribution in [0.5, 0.6) is 0 Å². The molecule has 0 saturated heterocycles. The highest BCUT2D eigenvalue weighted by Gasteiger charge is 2.17. The fraction of sp³-hybridized carbons (Fsp3) is 0.143. The molecule has 2 N–H and O–H groups in total. The van der Waals surface area contributed by atoms with Crippen molar-refractivity contribution in [1.82, 2.24) is 0 Å². The lowest BCUT2D eigenvalue weighted by atomic mass is 10.2. The van der Waals surface area contributed by atoms with Crippen molar-refractivity contribution in [2.45, 2.75) is 6.61 Å². The van der Waals surface area contributed by atoms with Gasteiger partial charge in [0.2, 0.25) is 0 Å². The van der Waals surface area contributed by atoms with E-state index >= 15 is 0 Å². The predicted octanol–water partition coefficient (Wildman–Crippen LogP) is 1.75. The molecule has 1 aromatic rings. The van der Waals surface area contributed by atoms with E-state index in [0.717, 1.165) is 5.56 Å². The summed E-state index contributed by atoms with van der Waals surface area (Å²) in [5.41, 5.74) is 0.929. The van der Waals surface area contributed by atoms with Gasteiger partial charge in [0.25, 0.3) is 0 Å². The first-order valence-corrected chi connectivity index (χ1v) is 4.43. The average Bonchev–Trinajstić information content (AvgIpc) is 2.16. The highest BCUT2D eigenvalue weighted by molar-refractivity contribution is 7.33. The first-order chi connectivity index (χ1) is 5.83. The van der Waals surface area contributed by atoms with Gasteiger partial charge in [-0.1, -0.05) is 30.3 Å².